The van der Waals surface area contributed by atoms with Crippen LogP contribution in [0, 0.1) is 11.8 Å². The van der Waals surface area contributed by atoms with Gasteiger partial charge >= 0.3 is 0 Å². The van der Waals surface area contributed by atoms with Crippen LogP contribution >= 0.6 is 0 Å². The van der Waals surface area contributed by atoms with Gasteiger partial charge in [-0.2, -0.15) is 0 Å². The van der Waals surface area contributed by atoms with Gasteiger partial charge in [-0.3, -0.25) is 4.79 Å². The smallest absolute Gasteiger partial charge is 0.243 e. The number of nitrogens with one attached hydrogen (secondary N) is 1. The van der Waals surface area contributed by atoms with E-state index in [0.717, 1.165) is 38.5 Å². The van der Waals surface area contributed by atoms with E-state index in [9.17, 15) is 4.79 Å². The van der Waals surface area contributed by atoms with Crippen molar-refractivity contribution in [2.45, 2.75) is 25.7 Å². The van der Waals surface area contributed by atoms with Crippen molar-refractivity contribution in [2.24, 2.45) is 11.8 Å². The molecule has 1 saturated heterocycles. The topological polar surface area (TPSA) is 38.3 Å². The molecule has 0 aromatic heterocycles. The Morgan fingerprint density at radius 2 is 2.00 bits per heavy atom. The van der Waals surface area contributed by atoms with Gasteiger partial charge < -0.3 is 10.1 Å². The molecule has 84 valence electrons. The zero-order valence-electron chi connectivity index (χ0n) is 9.08. The minimum absolute atomic E-state index is 0.0633. The van der Waals surface area contributed by atoms with Gasteiger partial charge in [-0.15, -0.1) is 0 Å². The molecule has 2 rings (SSSR count). The van der Waals surface area contributed by atoms with E-state index in [1.165, 1.54) is 12.8 Å². The van der Waals surface area contributed by atoms with Crippen LogP contribution in [-0.4, -0.2) is 25.7 Å². The van der Waals surface area contributed by atoms with Gasteiger partial charge in [0.05, 0.1) is 0 Å². The van der Waals surface area contributed by atoms with Crippen molar-refractivity contribution in [2.75, 3.05) is 19.8 Å². The summed E-state index contributed by atoms with van der Waals surface area (Å²) >= 11 is 0. The highest BCUT2D eigenvalue weighted by atomic mass is 16.5. The van der Waals surface area contributed by atoms with E-state index in [4.69, 9.17) is 4.74 Å². The molecule has 0 aromatic carbocycles. The zero-order chi connectivity index (χ0) is 10.5. The van der Waals surface area contributed by atoms with Crippen LogP contribution in [0.25, 0.3) is 0 Å². The van der Waals surface area contributed by atoms with Crippen molar-refractivity contribution in [1.29, 1.82) is 0 Å². The maximum atomic E-state index is 11.4. The molecular formula is C12H19NO2. The first-order valence-electron chi connectivity index (χ1n) is 5.88. The molecule has 0 atom stereocenters. The molecule has 1 aliphatic heterocycles. The minimum Gasteiger partial charge on any atom is -0.381 e. The molecule has 1 saturated carbocycles. The molecule has 1 aliphatic carbocycles. The average molecular weight is 209 g/mol. The van der Waals surface area contributed by atoms with E-state index in [2.05, 4.69) is 5.32 Å². The fourth-order valence-electron chi connectivity index (χ4n) is 1.76. The quantitative estimate of drug-likeness (QED) is 0.712. The Kier molecular flexibility index (Phi) is 3.78. The lowest BCUT2D eigenvalue weighted by molar-refractivity contribution is -0.116. The second-order valence-electron chi connectivity index (χ2n) is 4.50. The van der Waals surface area contributed by atoms with Crippen molar-refractivity contribution in [3.8, 4) is 0 Å². The van der Waals surface area contributed by atoms with Crippen LogP contribution in [0.1, 0.15) is 25.7 Å². The lowest BCUT2D eigenvalue weighted by Gasteiger charge is -2.18. The highest BCUT2D eigenvalue weighted by Crippen LogP contribution is 2.27. The Morgan fingerprint density at radius 1 is 1.27 bits per heavy atom. The molecule has 15 heavy (non-hydrogen) atoms. The Balaban J connectivity index is 1.64. The van der Waals surface area contributed by atoms with E-state index in [1.54, 1.807) is 6.08 Å². The predicted molar refractivity (Wildman–Crippen MR) is 58.4 cm³/mol. The molecule has 0 unspecified atom stereocenters. The predicted octanol–water partition coefficient (Wildman–Crippen LogP) is 1.50. The van der Waals surface area contributed by atoms with Gasteiger partial charge in [-0.1, -0.05) is 6.08 Å². The summed E-state index contributed by atoms with van der Waals surface area (Å²) in [6.45, 7) is 2.52. The Morgan fingerprint density at radius 3 is 2.67 bits per heavy atom. The first kappa shape index (κ1) is 10.7. The third-order valence-corrected chi connectivity index (χ3v) is 3.05. The van der Waals surface area contributed by atoms with Gasteiger partial charge in [-0.05, 0) is 43.6 Å². The molecule has 2 aliphatic rings. The van der Waals surface area contributed by atoms with E-state index >= 15 is 0 Å². The van der Waals surface area contributed by atoms with E-state index < -0.39 is 0 Å². The number of hydrogen-bond acceptors (Lipinski definition) is 2. The number of amides is 1. The largest absolute Gasteiger partial charge is 0.381 e. The molecule has 2 fully saturated rings. The summed E-state index contributed by atoms with van der Waals surface area (Å²) in [6.07, 6.45) is 8.38. The molecule has 0 bridgehead atoms. The van der Waals surface area contributed by atoms with Crippen LogP contribution in [0.2, 0.25) is 0 Å². The summed E-state index contributed by atoms with van der Waals surface area (Å²) in [5.74, 6) is 1.35. The van der Waals surface area contributed by atoms with Crippen molar-refractivity contribution in [3.63, 3.8) is 0 Å². The van der Waals surface area contributed by atoms with Crippen LogP contribution in [0.4, 0.5) is 0 Å². The van der Waals surface area contributed by atoms with Crippen LogP contribution in [-0.2, 0) is 9.53 Å². The summed E-state index contributed by atoms with van der Waals surface area (Å²) in [4.78, 5) is 11.4. The van der Waals surface area contributed by atoms with E-state index in [1.807, 2.05) is 6.08 Å². The maximum absolute atomic E-state index is 11.4. The number of rotatable bonds is 4. The Labute approximate surface area is 90.9 Å². The minimum atomic E-state index is 0.0633. The standard InChI is InChI=1S/C12H19NO2/c14-12(13-9-11-1-2-11)4-3-10-5-7-15-8-6-10/h3-4,10-11H,1-2,5-9H2,(H,13,14). The second kappa shape index (κ2) is 5.31. The zero-order valence-corrected chi connectivity index (χ0v) is 9.08. The molecule has 3 heteroatoms. The highest BCUT2D eigenvalue weighted by Gasteiger charge is 2.21. The summed E-state index contributed by atoms with van der Waals surface area (Å²) in [5.41, 5.74) is 0. The summed E-state index contributed by atoms with van der Waals surface area (Å²) in [6, 6.07) is 0. The molecule has 1 heterocycles. The monoisotopic (exact) mass is 209 g/mol. The van der Waals surface area contributed by atoms with Gasteiger partial charge in [-0.25, -0.2) is 0 Å². The summed E-state index contributed by atoms with van der Waals surface area (Å²) in [5, 5.41) is 2.93. The Bertz CT molecular complexity index is 240. The molecule has 3 nitrogen and oxygen atoms in total. The van der Waals surface area contributed by atoms with Gasteiger partial charge in [0.2, 0.25) is 5.91 Å². The fraction of sp³-hybridized carbons (Fsp3) is 0.750. The molecule has 0 aromatic rings. The molecule has 0 spiro atoms. The van der Waals surface area contributed by atoms with Crippen molar-refractivity contribution >= 4 is 5.91 Å². The number of allylic oxidation sites excluding steroid dienone is 1. The SMILES string of the molecule is O=C(C=CC1CCOCC1)NCC1CC1. The fourth-order valence-corrected chi connectivity index (χ4v) is 1.76. The number of hydrogen-bond donors (Lipinski definition) is 1. The van der Waals surface area contributed by atoms with Crippen molar-refractivity contribution < 1.29 is 9.53 Å². The van der Waals surface area contributed by atoms with Crippen LogP contribution in [0.15, 0.2) is 12.2 Å². The van der Waals surface area contributed by atoms with Gasteiger partial charge in [0.1, 0.15) is 0 Å². The van der Waals surface area contributed by atoms with Crippen LogP contribution in [0.5, 0.6) is 0 Å². The third kappa shape index (κ3) is 4.04. The highest BCUT2D eigenvalue weighted by molar-refractivity contribution is 5.87. The normalized spacial score (nSPS) is 23.2. The van der Waals surface area contributed by atoms with E-state index in [-0.39, 0.29) is 5.91 Å². The molecule has 1 amide bonds. The van der Waals surface area contributed by atoms with Crippen LogP contribution in [0.3, 0.4) is 0 Å². The number of ether oxygens (including phenoxy) is 1. The van der Waals surface area contributed by atoms with Gasteiger partial charge in [0, 0.05) is 19.8 Å². The number of carbonyl (C=O) groups is 1. The van der Waals surface area contributed by atoms with Gasteiger partial charge in [0.15, 0.2) is 0 Å². The lowest BCUT2D eigenvalue weighted by Crippen LogP contribution is -2.23. The number of carbonyl (C=O) groups excluding carboxylic acids is 1. The summed E-state index contributed by atoms with van der Waals surface area (Å²) in [7, 11) is 0. The first-order valence-corrected chi connectivity index (χ1v) is 5.88. The van der Waals surface area contributed by atoms with Gasteiger partial charge in [0.25, 0.3) is 0 Å². The van der Waals surface area contributed by atoms with Crippen molar-refractivity contribution in [3.05, 3.63) is 12.2 Å². The Hall–Kier alpha value is -0.830. The molecule has 1 N–H and O–H groups in total. The second-order valence-corrected chi connectivity index (χ2v) is 4.50. The third-order valence-electron chi connectivity index (χ3n) is 3.05. The van der Waals surface area contributed by atoms with Crippen LogP contribution < -0.4 is 5.32 Å². The first-order chi connectivity index (χ1) is 7.34. The molecular weight excluding hydrogens is 190 g/mol. The summed E-state index contributed by atoms with van der Waals surface area (Å²) < 4.78 is 5.26. The van der Waals surface area contributed by atoms with Crippen molar-refractivity contribution in [1.82, 2.24) is 5.32 Å². The lowest BCUT2D eigenvalue weighted by atomic mass is 10.00. The average Bonchev–Trinajstić information content (AvgIpc) is 3.09. The van der Waals surface area contributed by atoms with E-state index in [0.29, 0.717) is 5.92 Å². The molecule has 0 radical (unpaired) electrons. The maximum Gasteiger partial charge on any atom is 0.243 e.